The predicted molar refractivity (Wildman–Crippen MR) is 70.1 cm³/mol. The summed E-state index contributed by atoms with van der Waals surface area (Å²) >= 11 is 0. The van der Waals surface area contributed by atoms with Gasteiger partial charge in [-0.1, -0.05) is 33.6 Å². The number of Topliss-reactive ketones (excluding diaryl/α,β-unsaturated/α-hetero) is 1. The smallest absolute Gasteiger partial charge is 0.141 e. The molecule has 0 spiro atoms. The van der Waals surface area contributed by atoms with Crippen molar-refractivity contribution in [2.45, 2.75) is 40.0 Å². The van der Waals surface area contributed by atoms with E-state index in [1.54, 1.807) is 0 Å². The van der Waals surface area contributed by atoms with Gasteiger partial charge in [0, 0.05) is 19.5 Å². The summed E-state index contributed by atoms with van der Waals surface area (Å²) in [7, 11) is 0. The molecule has 3 nitrogen and oxygen atoms in total. The van der Waals surface area contributed by atoms with Crippen LogP contribution in [0.4, 0.5) is 0 Å². The summed E-state index contributed by atoms with van der Waals surface area (Å²) in [6, 6.07) is 0. The summed E-state index contributed by atoms with van der Waals surface area (Å²) in [6.45, 7) is 10.9. The average Bonchev–Trinajstić information content (AvgIpc) is 2.36. The number of nitrogens with zero attached hydrogens (tertiary/aromatic N) is 1. The lowest BCUT2D eigenvalue weighted by Crippen LogP contribution is -2.40. The summed E-state index contributed by atoms with van der Waals surface area (Å²) < 4.78 is 5.41. The zero-order valence-electron chi connectivity index (χ0n) is 11.6. The highest BCUT2D eigenvalue weighted by molar-refractivity contribution is 5.82. The molecular weight excluding hydrogens is 214 g/mol. The van der Waals surface area contributed by atoms with Crippen molar-refractivity contribution in [3.05, 3.63) is 0 Å². The van der Waals surface area contributed by atoms with Gasteiger partial charge in [0.2, 0.25) is 0 Å². The van der Waals surface area contributed by atoms with Gasteiger partial charge in [-0.2, -0.15) is 0 Å². The second kappa shape index (κ2) is 7.83. The van der Waals surface area contributed by atoms with E-state index in [1.165, 1.54) is 12.8 Å². The fourth-order valence-corrected chi connectivity index (χ4v) is 2.41. The Kier molecular flexibility index (Phi) is 6.75. The Balaban J connectivity index is 2.42. The minimum Gasteiger partial charge on any atom is -0.380 e. The molecule has 1 heterocycles. The maximum atomic E-state index is 11.8. The van der Waals surface area contributed by atoms with Gasteiger partial charge in [0.05, 0.1) is 19.1 Å². The number of carbonyl (C=O) groups excluding carboxylic acids is 1. The topological polar surface area (TPSA) is 29.5 Å². The molecular formula is C14H27NO2. The van der Waals surface area contributed by atoms with Gasteiger partial charge in [0.15, 0.2) is 0 Å². The van der Waals surface area contributed by atoms with E-state index in [1.807, 2.05) is 0 Å². The first-order valence-electron chi connectivity index (χ1n) is 7.03. The average molecular weight is 241 g/mol. The number of carbonyl (C=O) groups is 1. The quantitative estimate of drug-likeness (QED) is 0.685. The Morgan fingerprint density at radius 1 is 1.35 bits per heavy atom. The van der Waals surface area contributed by atoms with Crippen molar-refractivity contribution < 1.29 is 9.53 Å². The molecule has 100 valence electrons. The Labute approximate surface area is 106 Å². The van der Waals surface area contributed by atoms with Crippen molar-refractivity contribution in [1.29, 1.82) is 0 Å². The fraction of sp³-hybridized carbons (Fsp3) is 0.929. The first kappa shape index (κ1) is 14.7. The van der Waals surface area contributed by atoms with E-state index in [-0.39, 0.29) is 5.92 Å². The second-order valence-electron chi connectivity index (χ2n) is 5.02. The fourth-order valence-electron chi connectivity index (χ4n) is 2.41. The van der Waals surface area contributed by atoms with Crippen LogP contribution in [-0.2, 0) is 9.53 Å². The van der Waals surface area contributed by atoms with Gasteiger partial charge in [-0.25, -0.2) is 0 Å². The summed E-state index contributed by atoms with van der Waals surface area (Å²) in [5, 5.41) is 0. The molecule has 0 aromatic carbocycles. The van der Waals surface area contributed by atoms with Crippen molar-refractivity contribution in [3.63, 3.8) is 0 Å². The van der Waals surface area contributed by atoms with Crippen LogP contribution >= 0.6 is 0 Å². The highest BCUT2D eigenvalue weighted by Gasteiger charge is 2.25. The Morgan fingerprint density at radius 3 is 2.59 bits per heavy atom. The maximum absolute atomic E-state index is 11.8. The monoisotopic (exact) mass is 241 g/mol. The first-order valence-corrected chi connectivity index (χ1v) is 7.03. The van der Waals surface area contributed by atoms with Crippen LogP contribution in [0.5, 0.6) is 0 Å². The van der Waals surface area contributed by atoms with E-state index in [4.69, 9.17) is 4.74 Å². The van der Waals surface area contributed by atoms with E-state index >= 15 is 0 Å². The van der Waals surface area contributed by atoms with Crippen LogP contribution in [0.2, 0.25) is 0 Å². The summed E-state index contributed by atoms with van der Waals surface area (Å²) in [5.74, 6) is 1.26. The lowest BCUT2D eigenvalue weighted by molar-refractivity contribution is -0.131. The lowest BCUT2D eigenvalue weighted by atomic mass is 9.98. The zero-order valence-corrected chi connectivity index (χ0v) is 11.6. The van der Waals surface area contributed by atoms with Crippen molar-refractivity contribution in [3.8, 4) is 0 Å². The minimum atomic E-state index is 0.109. The minimum absolute atomic E-state index is 0.109. The zero-order chi connectivity index (χ0) is 12.7. The van der Waals surface area contributed by atoms with Gasteiger partial charge in [-0.05, 0) is 12.5 Å². The number of hydrogen-bond donors (Lipinski definition) is 0. The van der Waals surface area contributed by atoms with Gasteiger partial charge in [0.25, 0.3) is 0 Å². The normalized spacial score (nSPS) is 21.5. The van der Waals surface area contributed by atoms with Crippen molar-refractivity contribution in [2.75, 3.05) is 32.8 Å². The lowest BCUT2D eigenvalue weighted by Gasteiger charge is -2.30. The predicted octanol–water partition coefficient (Wildman–Crippen LogP) is 2.35. The summed E-state index contributed by atoms with van der Waals surface area (Å²) in [6.07, 6.45) is 3.05. The number of hydrogen-bond acceptors (Lipinski definition) is 3. The SMILES string of the molecule is CCC(CC)CN(CC)CC1COCCC1=O. The molecule has 1 saturated heterocycles. The molecule has 1 aliphatic rings. The van der Waals surface area contributed by atoms with Crippen LogP contribution in [0, 0.1) is 11.8 Å². The van der Waals surface area contributed by atoms with Gasteiger partial charge in [0.1, 0.15) is 5.78 Å². The molecule has 17 heavy (non-hydrogen) atoms. The molecule has 0 saturated carbocycles. The molecule has 1 fully saturated rings. The molecule has 0 aliphatic carbocycles. The maximum Gasteiger partial charge on any atom is 0.141 e. The summed E-state index contributed by atoms with van der Waals surface area (Å²) in [4.78, 5) is 14.2. The standard InChI is InChI=1S/C14H27NO2/c1-4-12(5-2)9-15(6-3)10-13-11-17-8-7-14(13)16/h12-13H,4-11H2,1-3H3. The van der Waals surface area contributed by atoms with Crippen molar-refractivity contribution in [2.24, 2.45) is 11.8 Å². The van der Waals surface area contributed by atoms with E-state index in [0.717, 1.165) is 25.6 Å². The van der Waals surface area contributed by atoms with Crippen LogP contribution in [-0.4, -0.2) is 43.5 Å². The molecule has 0 N–H and O–H groups in total. The van der Waals surface area contributed by atoms with Crippen LogP contribution in [0.15, 0.2) is 0 Å². The van der Waals surface area contributed by atoms with Crippen molar-refractivity contribution >= 4 is 5.78 Å². The molecule has 0 bridgehead atoms. The number of ether oxygens (including phenoxy) is 1. The van der Waals surface area contributed by atoms with Crippen LogP contribution < -0.4 is 0 Å². The molecule has 0 aromatic heterocycles. The number of rotatable bonds is 7. The third-order valence-electron chi connectivity index (χ3n) is 3.86. The van der Waals surface area contributed by atoms with E-state index in [2.05, 4.69) is 25.7 Å². The van der Waals surface area contributed by atoms with Gasteiger partial charge in [-0.15, -0.1) is 0 Å². The van der Waals surface area contributed by atoms with E-state index in [0.29, 0.717) is 25.4 Å². The first-order chi connectivity index (χ1) is 8.21. The molecule has 1 unspecified atom stereocenters. The Bertz CT molecular complexity index is 226. The highest BCUT2D eigenvalue weighted by Crippen LogP contribution is 2.15. The molecule has 1 rings (SSSR count). The number of ketones is 1. The van der Waals surface area contributed by atoms with E-state index < -0.39 is 0 Å². The van der Waals surface area contributed by atoms with Crippen molar-refractivity contribution in [1.82, 2.24) is 4.90 Å². The molecule has 1 aliphatic heterocycles. The molecule has 0 aromatic rings. The largest absolute Gasteiger partial charge is 0.380 e. The molecule has 1 atom stereocenters. The van der Waals surface area contributed by atoms with Crippen LogP contribution in [0.3, 0.4) is 0 Å². The second-order valence-corrected chi connectivity index (χ2v) is 5.02. The van der Waals surface area contributed by atoms with Gasteiger partial charge >= 0.3 is 0 Å². The third kappa shape index (κ3) is 4.76. The summed E-state index contributed by atoms with van der Waals surface area (Å²) in [5.41, 5.74) is 0. The van der Waals surface area contributed by atoms with E-state index in [9.17, 15) is 4.79 Å². The Hall–Kier alpha value is -0.410. The Morgan fingerprint density at radius 2 is 2.06 bits per heavy atom. The van der Waals surface area contributed by atoms with Crippen LogP contribution in [0.1, 0.15) is 40.0 Å². The highest BCUT2D eigenvalue weighted by atomic mass is 16.5. The van der Waals surface area contributed by atoms with Gasteiger partial charge in [-0.3, -0.25) is 4.79 Å². The molecule has 0 radical (unpaired) electrons. The third-order valence-corrected chi connectivity index (χ3v) is 3.86. The van der Waals surface area contributed by atoms with Crippen LogP contribution in [0.25, 0.3) is 0 Å². The molecule has 3 heteroatoms. The van der Waals surface area contributed by atoms with Gasteiger partial charge < -0.3 is 9.64 Å². The molecule has 0 amide bonds.